The molecule has 1 aromatic rings. The van der Waals surface area contributed by atoms with Gasteiger partial charge in [0.25, 0.3) is 5.91 Å². The van der Waals surface area contributed by atoms with Gasteiger partial charge in [-0.1, -0.05) is 39.9 Å². The Morgan fingerprint density at radius 2 is 2.21 bits per heavy atom. The van der Waals surface area contributed by atoms with E-state index < -0.39 is 5.97 Å². The Bertz CT molecular complexity index is 735. The van der Waals surface area contributed by atoms with Crippen LogP contribution in [0.4, 0.5) is 0 Å². The third-order valence-corrected chi connectivity index (χ3v) is 5.30. The molecule has 1 heterocycles. The van der Waals surface area contributed by atoms with Gasteiger partial charge in [0.05, 0.1) is 12.0 Å². The van der Waals surface area contributed by atoms with Crippen LogP contribution in [0.2, 0.25) is 0 Å². The number of phenols is 1. The normalized spacial score (nSPS) is 16.1. The maximum atomic E-state index is 12.4. The van der Waals surface area contributed by atoms with Crippen LogP contribution in [0.25, 0.3) is 6.08 Å². The smallest absolute Gasteiger partial charge is 0.303 e. The van der Waals surface area contributed by atoms with Gasteiger partial charge in [-0.2, -0.15) is 0 Å². The summed E-state index contributed by atoms with van der Waals surface area (Å²) in [5.74, 6) is -0.893. The number of benzene rings is 1. The topological polar surface area (TPSA) is 87.1 Å². The molecule has 1 amide bonds. The zero-order chi connectivity index (χ0) is 17.9. The molecule has 1 aromatic carbocycles. The Hall–Kier alpha value is -1.58. The lowest BCUT2D eigenvalue weighted by atomic mass is 10.2. The van der Waals surface area contributed by atoms with Crippen LogP contribution in [0.1, 0.15) is 18.4 Å². The van der Waals surface area contributed by atoms with Gasteiger partial charge in [-0.25, -0.2) is 0 Å². The largest absolute Gasteiger partial charge is 0.504 e. The SMILES string of the molecule is COc1cc(Br)c(/C=C2\SC(=S)N(CCCC(=O)O)C2=O)cc1O. The number of thioether (sulfide) groups is 1. The number of rotatable bonds is 6. The second-order valence-electron chi connectivity index (χ2n) is 4.88. The van der Waals surface area contributed by atoms with Gasteiger partial charge in [0.15, 0.2) is 11.5 Å². The van der Waals surface area contributed by atoms with Crippen molar-refractivity contribution in [3.63, 3.8) is 0 Å². The lowest BCUT2D eigenvalue weighted by Crippen LogP contribution is -2.29. The van der Waals surface area contributed by atoms with Crippen molar-refractivity contribution in [2.75, 3.05) is 13.7 Å². The third-order valence-electron chi connectivity index (χ3n) is 3.23. The van der Waals surface area contributed by atoms with Crippen LogP contribution in [0.5, 0.6) is 11.5 Å². The summed E-state index contributed by atoms with van der Waals surface area (Å²) in [7, 11) is 1.45. The molecule has 24 heavy (non-hydrogen) atoms. The Labute approximate surface area is 156 Å². The third kappa shape index (κ3) is 4.28. The number of phenolic OH excluding ortho intramolecular Hbond substituents is 1. The molecule has 0 saturated carbocycles. The van der Waals surface area contributed by atoms with E-state index in [-0.39, 0.29) is 24.6 Å². The van der Waals surface area contributed by atoms with Crippen LogP contribution in [0.3, 0.4) is 0 Å². The van der Waals surface area contributed by atoms with Crippen LogP contribution >= 0.6 is 39.9 Å². The van der Waals surface area contributed by atoms with Gasteiger partial charge in [-0.15, -0.1) is 0 Å². The number of hydrogen-bond donors (Lipinski definition) is 2. The highest BCUT2D eigenvalue weighted by molar-refractivity contribution is 9.10. The van der Waals surface area contributed by atoms with Crippen LogP contribution in [0.15, 0.2) is 21.5 Å². The van der Waals surface area contributed by atoms with Crippen molar-refractivity contribution in [1.82, 2.24) is 4.90 Å². The molecule has 1 aliphatic heterocycles. The average molecular weight is 432 g/mol. The minimum atomic E-state index is -0.909. The summed E-state index contributed by atoms with van der Waals surface area (Å²) in [6.45, 7) is 0.267. The van der Waals surface area contributed by atoms with Crippen molar-refractivity contribution in [2.45, 2.75) is 12.8 Å². The van der Waals surface area contributed by atoms with Crippen LogP contribution in [0, 0.1) is 0 Å². The molecule has 128 valence electrons. The molecule has 9 heteroatoms. The molecule has 6 nitrogen and oxygen atoms in total. The number of aliphatic carboxylic acids is 1. The van der Waals surface area contributed by atoms with Gasteiger partial charge in [0.2, 0.25) is 0 Å². The maximum absolute atomic E-state index is 12.4. The van der Waals surface area contributed by atoms with Crippen molar-refractivity contribution in [1.29, 1.82) is 0 Å². The summed E-state index contributed by atoms with van der Waals surface area (Å²) in [5.41, 5.74) is 0.610. The molecule has 0 spiro atoms. The summed E-state index contributed by atoms with van der Waals surface area (Å²) < 4.78 is 6.07. The Morgan fingerprint density at radius 3 is 2.83 bits per heavy atom. The highest BCUT2D eigenvalue weighted by Gasteiger charge is 2.31. The van der Waals surface area contributed by atoms with Crippen LogP contribution < -0.4 is 4.74 Å². The first-order valence-electron chi connectivity index (χ1n) is 6.87. The summed E-state index contributed by atoms with van der Waals surface area (Å²) in [5, 5.41) is 18.5. The molecule has 0 bridgehead atoms. The van der Waals surface area contributed by atoms with Gasteiger partial charge in [-0.05, 0) is 30.2 Å². The van der Waals surface area contributed by atoms with Crippen LogP contribution in [-0.4, -0.2) is 45.0 Å². The number of thiocarbonyl (C=S) groups is 1. The zero-order valence-corrected chi connectivity index (χ0v) is 15.8. The van der Waals surface area contributed by atoms with E-state index in [0.29, 0.717) is 31.4 Å². The second kappa shape index (κ2) is 8.00. The fraction of sp³-hybridized carbons (Fsp3) is 0.267. The van der Waals surface area contributed by atoms with Gasteiger partial charge in [-0.3, -0.25) is 14.5 Å². The monoisotopic (exact) mass is 431 g/mol. The minimum absolute atomic E-state index is 0.0198. The summed E-state index contributed by atoms with van der Waals surface area (Å²) in [4.78, 5) is 24.8. The second-order valence-corrected chi connectivity index (χ2v) is 7.41. The van der Waals surface area contributed by atoms with E-state index in [2.05, 4.69) is 15.9 Å². The molecule has 2 N–H and O–H groups in total. The van der Waals surface area contributed by atoms with Crippen LogP contribution in [-0.2, 0) is 9.59 Å². The van der Waals surface area contributed by atoms with E-state index in [1.54, 1.807) is 12.1 Å². The predicted molar refractivity (Wildman–Crippen MR) is 99.1 cm³/mol. The number of amides is 1. The fourth-order valence-corrected chi connectivity index (χ4v) is 3.79. The van der Waals surface area contributed by atoms with Crippen molar-refractivity contribution in [3.05, 3.63) is 27.1 Å². The fourth-order valence-electron chi connectivity index (χ4n) is 2.06. The Morgan fingerprint density at radius 1 is 1.50 bits per heavy atom. The molecule has 1 aliphatic rings. The molecule has 0 unspecified atom stereocenters. The zero-order valence-electron chi connectivity index (χ0n) is 12.6. The van der Waals surface area contributed by atoms with E-state index in [4.69, 9.17) is 22.1 Å². The first-order valence-corrected chi connectivity index (χ1v) is 8.89. The van der Waals surface area contributed by atoms with E-state index in [1.165, 1.54) is 18.1 Å². The average Bonchev–Trinajstić information content (AvgIpc) is 2.77. The quantitative estimate of drug-likeness (QED) is 0.527. The van der Waals surface area contributed by atoms with Crippen molar-refractivity contribution < 1.29 is 24.5 Å². The molecule has 0 aromatic heterocycles. The number of halogens is 1. The number of aromatic hydroxyl groups is 1. The summed E-state index contributed by atoms with van der Waals surface area (Å²) >= 11 is 9.70. The number of nitrogens with zero attached hydrogens (tertiary/aromatic N) is 1. The number of carboxylic acid groups (broad SMARTS) is 1. The molecule has 1 fully saturated rings. The number of ether oxygens (including phenoxy) is 1. The molecular formula is C15H14BrNO5S2. The number of methoxy groups -OCH3 is 1. The number of carbonyl (C=O) groups excluding carboxylic acids is 1. The first-order chi connectivity index (χ1) is 11.3. The molecular weight excluding hydrogens is 418 g/mol. The predicted octanol–water partition coefficient (Wildman–Crippen LogP) is 3.23. The number of carbonyl (C=O) groups is 2. The molecule has 0 atom stereocenters. The maximum Gasteiger partial charge on any atom is 0.303 e. The summed E-state index contributed by atoms with van der Waals surface area (Å²) in [6, 6.07) is 3.09. The van der Waals surface area contributed by atoms with E-state index in [0.717, 1.165) is 11.8 Å². The molecule has 0 aliphatic carbocycles. The van der Waals surface area contributed by atoms with Crippen molar-refractivity contribution in [3.8, 4) is 11.5 Å². The number of carboxylic acids is 1. The van der Waals surface area contributed by atoms with E-state index in [1.807, 2.05) is 0 Å². The molecule has 0 radical (unpaired) electrons. The van der Waals surface area contributed by atoms with Crippen molar-refractivity contribution in [2.24, 2.45) is 0 Å². The van der Waals surface area contributed by atoms with Gasteiger partial charge >= 0.3 is 5.97 Å². The first kappa shape index (κ1) is 18.8. The lowest BCUT2D eigenvalue weighted by Gasteiger charge is -2.13. The minimum Gasteiger partial charge on any atom is -0.504 e. The Kier molecular flexibility index (Phi) is 6.25. The molecule has 2 rings (SSSR count). The van der Waals surface area contributed by atoms with Gasteiger partial charge in [0, 0.05) is 17.4 Å². The highest BCUT2D eigenvalue weighted by atomic mass is 79.9. The van der Waals surface area contributed by atoms with Gasteiger partial charge in [0.1, 0.15) is 4.32 Å². The van der Waals surface area contributed by atoms with Gasteiger partial charge < -0.3 is 14.9 Å². The van der Waals surface area contributed by atoms with Crippen molar-refractivity contribution >= 4 is 62.2 Å². The van der Waals surface area contributed by atoms with E-state index >= 15 is 0 Å². The molecule has 1 saturated heterocycles. The summed E-state index contributed by atoms with van der Waals surface area (Å²) in [6.07, 6.45) is 1.94. The Balaban J connectivity index is 2.19. The highest BCUT2D eigenvalue weighted by Crippen LogP contribution is 2.37. The van der Waals surface area contributed by atoms with E-state index in [9.17, 15) is 14.7 Å². The number of hydrogen-bond acceptors (Lipinski definition) is 6. The lowest BCUT2D eigenvalue weighted by molar-refractivity contribution is -0.137. The standard InChI is InChI=1S/C15H14BrNO5S2/c1-22-11-7-9(16)8(5-10(11)18)6-12-14(21)17(15(23)24-12)4-2-3-13(19)20/h5-7,18H,2-4H2,1H3,(H,19,20)/b12-6-.